The molecule has 3 rings (SSSR count). The lowest BCUT2D eigenvalue weighted by atomic mass is 10.1. The van der Waals surface area contributed by atoms with Crippen LogP contribution in [0.2, 0.25) is 0 Å². The zero-order valence-electron chi connectivity index (χ0n) is 8.82. The summed E-state index contributed by atoms with van der Waals surface area (Å²) in [7, 11) is 0. The van der Waals surface area contributed by atoms with E-state index in [-0.39, 0.29) is 5.56 Å². The zero-order chi connectivity index (χ0) is 12.0. The van der Waals surface area contributed by atoms with Crippen LogP contribution in [0.4, 0.5) is 8.78 Å². The van der Waals surface area contributed by atoms with E-state index in [9.17, 15) is 8.78 Å². The second kappa shape index (κ2) is 3.59. The Hall–Kier alpha value is -1.82. The molecule has 0 unspecified atom stereocenters. The summed E-state index contributed by atoms with van der Waals surface area (Å²) in [5.41, 5.74) is 1.01. The summed E-state index contributed by atoms with van der Waals surface area (Å²) in [5, 5.41) is 4.02. The fraction of sp³-hybridized carbons (Fsp3) is 0.0909. The first-order valence-electron chi connectivity index (χ1n) is 4.91. The van der Waals surface area contributed by atoms with Gasteiger partial charge in [0.2, 0.25) is 4.96 Å². The second-order valence-corrected chi connectivity index (χ2v) is 4.57. The Morgan fingerprint density at radius 3 is 2.88 bits per heavy atom. The standard InChI is InChI=1S/C11H7F2N3S/c1-6-10(17-11-14-5-15-16(6)11)8-4-7(12)2-3-9(8)13/h2-5H,1H3. The first-order chi connectivity index (χ1) is 8.16. The van der Waals surface area contributed by atoms with Gasteiger partial charge in [-0.15, -0.1) is 0 Å². The number of thiazole rings is 1. The fourth-order valence-electron chi connectivity index (χ4n) is 1.71. The molecule has 0 saturated heterocycles. The molecule has 1 aromatic carbocycles. The van der Waals surface area contributed by atoms with Crippen LogP contribution in [0.25, 0.3) is 15.4 Å². The third-order valence-electron chi connectivity index (χ3n) is 2.53. The van der Waals surface area contributed by atoms with Crippen LogP contribution in [0.5, 0.6) is 0 Å². The number of hydrogen-bond acceptors (Lipinski definition) is 3. The molecule has 17 heavy (non-hydrogen) atoms. The van der Waals surface area contributed by atoms with E-state index in [0.29, 0.717) is 9.84 Å². The van der Waals surface area contributed by atoms with Gasteiger partial charge in [-0.1, -0.05) is 11.3 Å². The van der Waals surface area contributed by atoms with Crippen molar-refractivity contribution in [2.24, 2.45) is 0 Å². The van der Waals surface area contributed by atoms with Gasteiger partial charge in [-0.3, -0.25) is 0 Å². The monoisotopic (exact) mass is 251 g/mol. The molecule has 2 aromatic heterocycles. The smallest absolute Gasteiger partial charge is 0.208 e. The Balaban J connectivity index is 2.29. The number of benzene rings is 1. The fourth-order valence-corrected chi connectivity index (χ4v) is 2.77. The van der Waals surface area contributed by atoms with Crippen molar-refractivity contribution < 1.29 is 8.78 Å². The van der Waals surface area contributed by atoms with Crippen LogP contribution in [0.15, 0.2) is 24.5 Å². The number of rotatable bonds is 1. The van der Waals surface area contributed by atoms with Gasteiger partial charge in [0.05, 0.1) is 10.6 Å². The number of halogens is 2. The van der Waals surface area contributed by atoms with Crippen LogP contribution in [0, 0.1) is 18.6 Å². The summed E-state index contributed by atoms with van der Waals surface area (Å²) >= 11 is 1.29. The summed E-state index contributed by atoms with van der Waals surface area (Å²) in [4.78, 5) is 5.35. The van der Waals surface area contributed by atoms with Crippen LogP contribution >= 0.6 is 11.3 Å². The van der Waals surface area contributed by atoms with E-state index < -0.39 is 11.6 Å². The van der Waals surface area contributed by atoms with Crippen molar-refractivity contribution in [3.63, 3.8) is 0 Å². The summed E-state index contributed by atoms with van der Waals surface area (Å²) in [5.74, 6) is -0.904. The molecule has 0 amide bonds. The minimum Gasteiger partial charge on any atom is -0.208 e. The summed E-state index contributed by atoms with van der Waals surface area (Å²) in [6.45, 7) is 1.80. The average molecular weight is 251 g/mol. The van der Waals surface area contributed by atoms with E-state index in [1.165, 1.54) is 23.7 Å². The lowest BCUT2D eigenvalue weighted by molar-refractivity contribution is 0.603. The van der Waals surface area contributed by atoms with Gasteiger partial charge in [-0.2, -0.15) is 5.10 Å². The summed E-state index contributed by atoms with van der Waals surface area (Å²) in [6, 6.07) is 3.42. The highest BCUT2D eigenvalue weighted by atomic mass is 32.1. The maximum absolute atomic E-state index is 13.7. The van der Waals surface area contributed by atoms with E-state index in [0.717, 1.165) is 17.8 Å². The van der Waals surface area contributed by atoms with Gasteiger partial charge in [0.25, 0.3) is 0 Å². The van der Waals surface area contributed by atoms with Crippen LogP contribution in [-0.4, -0.2) is 14.6 Å². The molecule has 3 aromatic rings. The predicted octanol–water partition coefficient (Wildman–Crippen LogP) is 3.04. The van der Waals surface area contributed by atoms with Gasteiger partial charge in [0.15, 0.2) is 0 Å². The lowest BCUT2D eigenvalue weighted by Gasteiger charge is -2.01. The number of nitrogens with zero attached hydrogens (tertiary/aromatic N) is 3. The summed E-state index contributed by atoms with van der Waals surface area (Å²) in [6.07, 6.45) is 1.44. The molecule has 6 heteroatoms. The van der Waals surface area contributed by atoms with Crippen LogP contribution < -0.4 is 0 Å². The molecule has 0 saturated carbocycles. The van der Waals surface area contributed by atoms with E-state index >= 15 is 0 Å². The maximum Gasteiger partial charge on any atom is 0.212 e. The predicted molar refractivity (Wildman–Crippen MR) is 61.0 cm³/mol. The quantitative estimate of drug-likeness (QED) is 0.665. The van der Waals surface area contributed by atoms with Gasteiger partial charge >= 0.3 is 0 Å². The number of hydrogen-bond donors (Lipinski definition) is 0. The molecule has 0 fully saturated rings. The molecule has 0 bridgehead atoms. The molecule has 0 atom stereocenters. The largest absolute Gasteiger partial charge is 0.212 e. The van der Waals surface area contributed by atoms with Crippen molar-refractivity contribution >= 4 is 16.3 Å². The van der Waals surface area contributed by atoms with Crippen LogP contribution in [-0.2, 0) is 0 Å². The molecule has 86 valence electrons. The highest BCUT2D eigenvalue weighted by molar-refractivity contribution is 7.20. The highest BCUT2D eigenvalue weighted by Crippen LogP contribution is 2.33. The SMILES string of the molecule is Cc1c(-c2cc(F)ccc2F)sc2ncnn12. The number of fused-ring (bicyclic) bond motifs is 1. The van der Waals surface area contributed by atoms with Crippen molar-refractivity contribution in [1.29, 1.82) is 0 Å². The van der Waals surface area contributed by atoms with E-state index in [4.69, 9.17) is 0 Å². The number of aryl methyl sites for hydroxylation is 1. The second-order valence-electron chi connectivity index (χ2n) is 3.60. The summed E-state index contributed by atoms with van der Waals surface area (Å²) < 4.78 is 28.4. The molecular weight excluding hydrogens is 244 g/mol. The van der Waals surface area contributed by atoms with Crippen molar-refractivity contribution in [2.45, 2.75) is 6.92 Å². The molecule has 0 aliphatic carbocycles. The Bertz CT molecular complexity index is 702. The van der Waals surface area contributed by atoms with Gasteiger partial charge in [0, 0.05) is 5.56 Å². The third kappa shape index (κ3) is 1.52. The Labute approximate surface area is 99.4 Å². The zero-order valence-corrected chi connectivity index (χ0v) is 9.63. The molecular formula is C11H7F2N3S. The molecule has 0 N–H and O–H groups in total. The molecule has 0 spiro atoms. The van der Waals surface area contributed by atoms with Crippen LogP contribution in [0.3, 0.4) is 0 Å². The van der Waals surface area contributed by atoms with Gasteiger partial charge in [-0.05, 0) is 25.1 Å². The Morgan fingerprint density at radius 2 is 2.12 bits per heavy atom. The highest BCUT2D eigenvalue weighted by Gasteiger charge is 2.15. The van der Waals surface area contributed by atoms with Gasteiger partial charge in [0.1, 0.15) is 18.0 Å². The first kappa shape index (κ1) is 10.3. The van der Waals surface area contributed by atoms with Crippen molar-refractivity contribution in [2.75, 3.05) is 0 Å². The van der Waals surface area contributed by atoms with Gasteiger partial charge in [-0.25, -0.2) is 18.3 Å². The topological polar surface area (TPSA) is 30.2 Å². The van der Waals surface area contributed by atoms with E-state index in [2.05, 4.69) is 10.1 Å². The van der Waals surface area contributed by atoms with Crippen molar-refractivity contribution in [3.05, 3.63) is 41.9 Å². The van der Waals surface area contributed by atoms with Crippen LogP contribution in [0.1, 0.15) is 5.69 Å². The molecule has 2 heterocycles. The van der Waals surface area contributed by atoms with E-state index in [1.54, 1.807) is 11.4 Å². The first-order valence-corrected chi connectivity index (χ1v) is 5.73. The molecule has 0 aliphatic rings. The Kier molecular flexibility index (Phi) is 2.19. The minimum atomic E-state index is -0.459. The van der Waals surface area contributed by atoms with Crippen molar-refractivity contribution in [1.82, 2.24) is 14.6 Å². The molecule has 0 aliphatic heterocycles. The van der Waals surface area contributed by atoms with Crippen molar-refractivity contribution in [3.8, 4) is 10.4 Å². The number of aromatic nitrogens is 3. The normalized spacial score (nSPS) is 11.2. The van der Waals surface area contributed by atoms with E-state index in [1.807, 2.05) is 0 Å². The lowest BCUT2D eigenvalue weighted by Crippen LogP contribution is -1.90. The Morgan fingerprint density at radius 1 is 1.29 bits per heavy atom. The molecule has 0 radical (unpaired) electrons. The minimum absolute atomic E-state index is 0.250. The maximum atomic E-state index is 13.7. The average Bonchev–Trinajstić information content (AvgIpc) is 2.86. The van der Waals surface area contributed by atoms with Gasteiger partial charge < -0.3 is 0 Å². The molecule has 3 nitrogen and oxygen atoms in total. The third-order valence-corrected chi connectivity index (χ3v) is 3.71.